The lowest BCUT2D eigenvalue weighted by molar-refractivity contribution is 1.25. The molecule has 6 heteroatoms. The molecule has 2 aromatic heterocycles. The third-order valence-corrected chi connectivity index (χ3v) is 8.83. The summed E-state index contributed by atoms with van der Waals surface area (Å²) in [6, 6.07) is 50.9. The van der Waals surface area contributed by atoms with Crippen LogP contribution in [0.5, 0.6) is 0 Å². The maximum atomic E-state index is 4.29. The van der Waals surface area contributed by atoms with Crippen LogP contribution in [0.1, 0.15) is 0 Å². The number of hydrogen-bond donors (Lipinski definition) is 0. The Morgan fingerprint density at radius 2 is 0.609 bits per heavy atom. The minimum atomic E-state index is 1.04. The van der Waals surface area contributed by atoms with Crippen LogP contribution in [0.4, 0.5) is 34.1 Å². The van der Waals surface area contributed by atoms with E-state index in [1.165, 1.54) is 0 Å². The van der Waals surface area contributed by atoms with Crippen LogP contribution in [0.3, 0.4) is 0 Å². The molecule has 4 nitrogen and oxygen atoms in total. The minimum Gasteiger partial charge on any atom is -0.311 e. The second-order valence-corrected chi connectivity index (χ2v) is 12.5. The number of nitrogens with zero attached hydrogens (tertiary/aromatic N) is 4. The highest BCUT2D eigenvalue weighted by molar-refractivity contribution is 9.10. The average Bonchev–Trinajstić information content (AvgIpc) is 3.12. The van der Waals surface area contributed by atoms with E-state index in [9.17, 15) is 0 Å². The van der Waals surface area contributed by atoms with Gasteiger partial charge in [-0.25, -0.2) is 0 Å². The van der Waals surface area contributed by atoms with E-state index in [0.717, 1.165) is 65.3 Å². The third kappa shape index (κ3) is 6.50. The predicted molar refractivity (Wildman–Crippen MR) is 198 cm³/mol. The van der Waals surface area contributed by atoms with E-state index in [4.69, 9.17) is 0 Å². The van der Waals surface area contributed by atoms with Crippen molar-refractivity contribution in [3.8, 4) is 22.3 Å². The Labute approximate surface area is 285 Å². The van der Waals surface area contributed by atoms with Gasteiger partial charge in [0.25, 0.3) is 0 Å². The maximum Gasteiger partial charge on any atom is 0.0463 e. The van der Waals surface area contributed by atoms with Crippen molar-refractivity contribution < 1.29 is 0 Å². The van der Waals surface area contributed by atoms with Gasteiger partial charge in [-0.1, -0.05) is 68.3 Å². The molecule has 0 amide bonds. The number of aromatic nitrogens is 2. The van der Waals surface area contributed by atoms with Crippen molar-refractivity contribution in [2.45, 2.75) is 0 Å². The van der Waals surface area contributed by atoms with Crippen LogP contribution in [0.15, 0.2) is 179 Å². The van der Waals surface area contributed by atoms with Gasteiger partial charge in [-0.15, -0.1) is 0 Å². The molecule has 0 radical (unpaired) electrons. The fourth-order valence-corrected chi connectivity index (χ4v) is 6.03. The van der Waals surface area contributed by atoms with Crippen molar-refractivity contribution in [2.24, 2.45) is 0 Å². The molecular weight excluding hydrogens is 696 g/mol. The summed E-state index contributed by atoms with van der Waals surface area (Å²) in [4.78, 5) is 13.1. The molecule has 2 heterocycles. The van der Waals surface area contributed by atoms with E-state index in [1.54, 1.807) is 12.4 Å². The van der Waals surface area contributed by atoms with Crippen molar-refractivity contribution >= 4 is 66.0 Å². The minimum absolute atomic E-state index is 1.04. The van der Waals surface area contributed by atoms with Crippen molar-refractivity contribution in [3.63, 3.8) is 0 Å². The van der Waals surface area contributed by atoms with Gasteiger partial charge in [0.15, 0.2) is 0 Å². The molecule has 0 aliphatic heterocycles. The predicted octanol–water partition coefficient (Wildman–Crippen LogP) is 12.3. The first-order valence-electron chi connectivity index (χ1n) is 14.8. The standard InChI is InChI=1S/C40H28Br2N4/c41-33-9-17-37(18-10-33)45(35-13-5-29(6-14-35)31-3-1-25-43-27-31)39-21-23-40(24-22-39)46(38-19-11-34(42)12-20-38)36-15-7-30(8-16-36)32-4-2-26-44-28-32/h1-28H. The summed E-state index contributed by atoms with van der Waals surface area (Å²) < 4.78 is 2.08. The molecule has 0 bridgehead atoms. The first kappa shape index (κ1) is 29.7. The number of pyridine rings is 2. The fourth-order valence-electron chi connectivity index (χ4n) is 5.50. The fraction of sp³-hybridized carbons (Fsp3) is 0. The Morgan fingerprint density at radius 3 is 0.891 bits per heavy atom. The molecule has 46 heavy (non-hydrogen) atoms. The smallest absolute Gasteiger partial charge is 0.0463 e. The molecule has 0 spiro atoms. The van der Waals surface area contributed by atoms with E-state index in [-0.39, 0.29) is 0 Å². The second-order valence-electron chi connectivity index (χ2n) is 10.7. The van der Waals surface area contributed by atoms with Gasteiger partial charge in [0, 0.05) is 67.9 Å². The maximum absolute atomic E-state index is 4.29. The Hall–Kier alpha value is -5.04. The van der Waals surface area contributed by atoms with Crippen molar-refractivity contribution in [3.05, 3.63) is 179 Å². The van der Waals surface area contributed by atoms with Gasteiger partial charge in [-0.2, -0.15) is 0 Å². The monoisotopic (exact) mass is 722 g/mol. The molecule has 0 unspecified atom stereocenters. The first-order chi connectivity index (χ1) is 22.6. The van der Waals surface area contributed by atoms with Gasteiger partial charge >= 0.3 is 0 Å². The van der Waals surface area contributed by atoms with E-state index >= 15 is 0 Å². The van der Waals surface area contributed by atoms with Gasteiger partial charge in [0.05, 0.1) is 0 Å². The van der Waals surface area contributed by atoms with E-state index in [0.29, 0.717) is 0 Å². The number of anilines is 6. The highest BCUT2D eigenvalue weighted by Gasteiger charge is 2.16. The van der Waals surface area contributed by atoms with Crippen molar-refractivity contribution in [2.75, 3.05) is 9.80 Å². The molecule has 0 atom stereocenters. The molecule has 0 saturated carbocycles. The molecule has 0 aliphatic carbocycles. The molecule has 0 fully saturated rings. The quantitative estimate of drug-likeness (QED) is 0.156. The topological polar surface area (TPSA) is 32.3 Å². The van der Waals surface area contributed by atoms with Gasteiger partial charge in [-0.3, -0.25) is 9.97 Å². The molecule has 7 aromatic rings. The number of halogens is 2. The Morgan fingerprint density at radius 1 is 0.326 bits per heavy atom. The summed E-state index contributed by atoms with van der Waals surface area (Å²) in [5.41, 5.74) is 10.8. The Kier molecular flexibility index (Phi) is 8.72. The normalized spacial score (nSPS) is 10.8. The molecular formula is C40H28Br2N4. The van der Waals surface area contributed by atoms with Gasteiger partial charge in [0.1, 0.15) is 0 Å². The molecule has 222 valence electrons. The lowest BCUT2D eigenvalue weighted by atomic mass is 10.1. The average molecular weight is 725 g/mol. The first-order valence-corrected chi connectivity index (χ1v) is 16.4. The summed E-state index contributed by atoms with van der Waals surface area (Å²) in [5.74, 6) is 0. The van der Waals surface area contributed by atoms with Gasteiger partial charge < -0.3 is 9.80 Å². The highest BCUT2D eigenvalue weighted by atomic mass is 79.9. The molecule has 0 aliphatic rings. The number of benzene rings is 5. The summed E-state index contributed by atoms with van der Waals surface area (Å²) in [5, 5.41) is 0. The van der Waals surface area contributed by atoms with E-state index < -0.39 is 0 Å². The highest BCUT2D eigenvalue weighted by Crippen LogP contribution is 2.40. The molecule has 0 N–H and O–H groups in total. The van der Waals surface area contributed by atoms with Crippen LogP contribution in [0.25, 0.3) is 22.3 Å². The van der Waals surface area contributed by atoms with Crippen LogP contribution in [-0.4, -0.2) is 9.97 Å². The summed E-state index contributed by atoms with van der Waals surface area (Å²) >= 11 is 7.20. The van der Waals surface area contributed by atoms with Crippen LogP contribution in [0.2, 0.25) is 0 Å². The zero-order valence-electron chi connectivity index (χ0n) is 24.7. The SMILES string of the molecule is Brc1ccc(N(c2ccc(-c3cccnc3)cc2)c2ccc(N(c3ccc(Br)cc3)c3ccc(-c4cccnc4)cc3)cc2)cc1. The van der Waals surface area contributed by atoms with Crippen LogP contribution in [-0.2, 0) is 0 Å². The van der Waals surface area contributed by atoms with E-state index in [1.807, 2.05) is 24.5 Å². The van der Waals surface area contributed by atoms with Crippen molar-refractivity contribution in [1.29, 1.82) is 0 Å². The second kappa shape index (κ2) is 13.5. The van der Waals surface area contributed by atoms with E-state index in [2.05, 4.69) is 185 Å². The van der Waals surface area contributed by atoms with Gasteiger partial charge in [0.2, 0.25) is 0 Å². The molecule has 5 aromatic carbocycles. The van der Waals surface area contributed by atoms with Crippen molar-refractivity contribution in [1.82, 2.24) is 9.97 Å². The van der Waals surface area contributed by atoms with Gasteiger partial charge in [-0.05, 0) is 131 Å². The lowest BCUT2D eigenvalue weighted by Gasteiger charge is -2.28. The van der Waals surface area contributed by atoms with Crippen LogP contribution in [0, 0.1) is 0 Å². The largest absolute Gasteiger partial charge is 0.311 e. The zero-order valence-corrected chi connectivity index (χ0v) is 27.9. The summed E-state index contributed by atoms with van der Waals surface area (Å²) in [6.07, 6.45) is 7.38. The zero-order chi connectivity index (χ0) is 31.3. The number of hydrogen-bond acceptors (Lipinski definition) is 4. The summed E-state index contributed by atoms with van der Waals surface area (Å²) in [6.45, 7) is 0. The Balaban J connectivity index is 1.26. The number of rotatable bonds is 8. The van der Waals surface area contributed by atoms with Crippen LogP contribution >= 0.6 is 31.9 Å². The summed E-state index contributed by atoms with van der Waals surface area (Å²) in [7, 11) is 0. The Bertz CT molecular complexity index is 1860. The van der Waals surface area contributed by atoms with Crippen LogP contribution < -0.4 is 9.80 Å². The third-order valence-electron chi connectivity index (χ3n) is 7.78. The molecule has 7 rings (SSSR count). The lowest BCUT2D eigenvalue weighted by Crippen LogP contribution is -2.12. The molecule has 0 saturated heterocycles.